The van der Waals surface area contributed by atoms with Gasteiger partial charge < -0.3 is 10.9 Å². The van der Waals surface area contributed by atoms with Crippen LogP contribution >= 0.6 is 0 Å². The maximum absolute atomic E-state index is 11.4. The van der Waals surface area contributed by atoms with Crippen molar-refractivity contribution < 1.29 is 9.53 Å². The second-order valence-electron chi connectivity index (χ2n) is 7.65. The van der Waals surface area contributed by atoms with Crippen molar-refractivity contribution in [1.82, 2.24) is 6.15 Å². The monoisotopic (exact) mass is 371 g/mol. The lowest BCUT2D eigenvalue weighted by Gasteiger charge is -2.14. The van der Waals surface area contributed by atoms with Crippen LogP contribution < -0.4 is 6.15 Å². The van der Waals surface area contributed by atoms with E-state index < -0.39 is 0 Å². The number of rotatable bonds is 19. The standard InChI is InChI=1S/C23H46O2.H3N/c1-4-7-8-9-10-11-12-13-14-15-16-17-19-22(5-2)20-18-21-23(24)25-6-3;/h22H,4-21H2,1-3H3;1H3. The smallest absolute Gasteiger partial charge is 0.305 e. The molecule has 0 saturated carbocycles. The molecule has 158 valence electrons. The highest BCUT2D eigenvalue weighted by molar-refractivity contribution is 5.69. The van der Waals surface area contributed by atoms with E-state index in [9.17, 15) is 4.79 Å². The molecule has 26 heavy (non-hydrogen) atoms. The summed E-state index contributed by atoms with van der Waals surface area (Å²) in [7, 11) is 0. The minimum absolute atomic E-state index is 0. The zero-order chi connectivity index (χ0) is 18.6. The molecule has 0 spiro atoms. The number of hydrogen-bond donors (Lipinski definition) is 1. The highest BCUT2D eigenvalue weighted by atomic mass is 16.5. The third-order valence-electron chi connectivity index (χ3n) is 5.34. The van der Waals surface area contributed by atoms with Gasteiger partial charge in [0.1, 0.15) is 0 Å². The molecular formula is C23H49NO2. The third-order valence-corrected chi connectivity index (χ3v) is 5.34. The predicted molar refractivity (Wildman–Crippen MR) is 115 cm³/mol. The van der Waals surface area contributed by atoms with Gasteiger partial charge in [-0.25, -0.2) is 0 Å². The average molecular weight is 372 g/mol. The third kappa shape index (κ3) is 19.8. The summed E-state index contributed by atoms with van der Waals surface area (Å²) in [6.07, 6.45) is 22.4. The van der Waals surface area contributed by atoms with Gasteiger partial charge in [-0.05, 0) is 25.7 Å². The Morgan fingerprint density at radius 3 is 1.62 bits per heavy atom. The van der Waals surface area contributed by atoms with Crippen LogP contribution in [0.15, 0.2) is 0 Å². The first-order chi connectivity index (χ1) is 12.2. The van der Waals surface area contributed by atoms with E-state index >= 15 is 0 Å². The van der Waals surface area contributed by atoms with Crippen molar-refractivity contribution >= 4 is 5.97 Å². The van der Waals surface area contributed by atoms with Crippen LogP contribution in [0.3, 0.4) is 0 Å². The van der Waals surface area contributed by atoms with Crippen LogP contribution in [0, 0.1) is 5.92 Å². The minimum atomic E-state index is -0.0253. The van der Waals surface area contributed by atoms with Crippen molar-refractivity contribution in [3.05, 3.63) is 0 Å². The van der Waals surface area contributed by atoms with Gasteiger partial charge in [0.15, 0.2) is 0 Å². The van der Waals surface area contributed by atoms with Gasteiger partial charge in [0.05, 0.1) is 6.61 Å². The first-order valence-electron chi connectivity index (χ1n) is 11.4. The lowest BCUT2D eigenvalue weighted by molar-refractivity contribution is -0.143. The first-order valence-corrected chi connectivity index (χ1v) is 11.4. The summed E-state index contributed by atoms with van der Waals surface area (Å²) in [5.41, 5.74) is 0. The lowest BCUT2D eigenvalue weighted by Crippen LogP contribution is -2.05. The number of carbonyl (C=O) groups excluding carboxylic acids is 1. The number of hydrogen-bond acceptors (Lipinski definition) is 3. The van der Waals surface area contributed by atoms with Crippen molar-refractivity contribution in [3.8, 4) is 0 Å². The van der Waals surface area contributed by atoms with Gasteiger partial charge in [0.25, 0.3) is 0 Å². The van der Waals surface area contributed by atoms with E-state index in [0.29, 0.717) is 13.0 Å². The number of ether oxygens (including phenoxy) is 1. The summed E-state index contributed by atoms with van der Waals surface area (Å²) in [4.78, 5) is 11.4. The Bertz CT molecular complexity index is 281. The number of carbonyl (C=O) groups is 1. The Morgan fingerprint density at radius 2 is 1.15 bits per heavy atom. The van der Waals surface area contributed by atoms with E-state index in [0.717, 1.165) is 12.3 Å². The molecule has 0 heterocycles. The molecule has 1 unspecified atom stereocenters. The minimum Gasteiger partial charge on any atom is -0.466 e. The largest absolute Gasteiger partial charge is 0.466 e. The molecule has 0 rings (SSSR count). The molecule has 0 fully saturated rings. The van der Waals surface area contributed by atoms with Crippen molar-refractivity contribution in [1.29, 1.82) is 0 Å². The topological polar surface area (TPSA) is 61.3 Å². The highest BCUT2D eigenvalue weighted by Crippen LogP contribution is 2.21. The Labute approximate surface area is 164 Å². The Balaban J connectivity index is 0. The van der Waals surface area contributed by atoms with Crippen LogP contribution in [0.25, 0.3) is 0 Å². The molecule has 0 aliphatic heterocycles. The number of esters is 1. The van der Waals surface area contributed by atoms with Gasteiger partial charge >= 0.3 is 5.97 Å². The van der Waals surface area contributed by atoms with Gasteiger partial charge in [-0.15, -0.1) is 0 Å². The maximum Gasteiger partial charge on any atom is 0.305 e. The molecule has 0 bridgehead atoms. The molecule has 0 aromatic carbocycles. The van der Waals surface area contributed by atoms with Crippen molar-refractivity contribution in [2.45, 2.75) is 130 Å². The fourth-order valence-electron chi connectivity index (χ4n) is 3.59. The summed E-state index contributed by atoms with van der Waals surface area (Å²) in [6.45, 7) is 6.96. The van der Waals surface area contributed by atoms with E-state index in [1.165, 1.54) is 96.3 Å². The lowest BCUT2D eigenvalue weighted by atomic mass is 9.93. The summed E-state index contributed by atoms with van der Waals surface area (Å²) in [5, 5.41) is 0. The van der Waals surface area contributed by atoms with Gasteiger partial charge in [-0.3, -0.25) is 4.79 Å². The van der Waals surface area contributed by atoms with E-state index in [1.54, 1.807) is 0 Å². The maximum atomic E-state index is 11.4. The van der Waals surface area contributed by atoms with E-state index in [-0.39, 0.29) is 12.1 Å². The predicted octanol–water partition coefficient (Wildman–Crippen LogP) is 8.00. The van der Waals surface area contributed by atoms with Gasteiger partial charge in [-0.1, -0.05) is 104 Å². The molecule has 3 nitrogen and oxygen atoms in total. The summed E-state index contributed by atoms with van der Waals surface area (Å²) in [5.74, 6) is 0.778. The van der Waals surface area contributed by atoms with Gasteiger partial charge in [-0.2, -0.15) is 0 Å². The molecule has 0 aromatic heterocycles. The zero-order valence-electron chi connectivity index (χ0n) is 18.3. The van der Waals surface area contributed by atoms with Crippen LogP contribution in [-0.2, 0) is 9.53 Å². The molecule has 0 amide bonds. The quantitative estimate of drug-likeness (QED) is 0.185. The van der Waals surface area contributed by atoms with Gasteiger partial charge in [0, 0.05) is 6.42 Å². The highest BCUT2D eigenvalue weighted by Gasteiger charge is 2.08. The van der Waals surface area contributed by atoms with Crippen molar-refractivity contribution in [2.75, 3.05) is 6.61 Å². The molecule has 0 aromatic rings. The molecule has 0 saturated heterocycles. The Morgan fingerprint density at radius 1 is 0.692 bits per heavy atom. The SMILES string of the molecule is CCCCCCCCCCCCCCC(CC)CCCC(=O)OCC.N. The fourth-order valence-corrected chi connectivity index (χ4v) is 3.59. The fraction of sp³-hybridized carbons (Fsp3) is 0.957. The summed E-state index contributed by atoms with van der Waals surface area (Å²) >= 11 is 0. The Hall–Kier alpha value is -0.570. The molecule has 3 heteroatoms. The summed E-state index contributed by atoms with van der Waals surface area (Å²) in [6, 6.07) is 0. The second-order valence-corrected chi connectivity index (χ2v) is 7.65. The van der Waals surface area contributed by atoms with Crippen molar-refractivity contribution in [2.24, 2.45) is 5.92 Å². The van der Waals surface area contributed by atoms with E-state index in [4.69, 9.17) is 4.74 Å². The van der Waals surface area contributed by atoms with Gasteiger partial charge in [0.2, 0.25) is 0 Å². The van der Waals surface area contributed by atoms with Crippen LogP contribution in [-0.4, -0.2) is 12.6 Å². The molecule has 3 N–H and O–H groups in total. The second kappa shape index (κ2) is 22.5. The zero-order valence-corrected chi connectivity index (χ0v) is 18.3. The van der Waals surface area contributed by atoms with Crippen LogP contribution in [0.5, 0.6) is 0 Å². The molecule has 0 aliphatic carbocycles. The average Bonchev–Trinajstić information content (AvgIpc) is 2.61. The van der Waals surface area contributed by atoms with Crippen LogP contribution in [0.1, 0.15) is 130 Å². The van der Waals surface area contributed by atoms with Crippen LogP contribution in [0.2, 0.25) is 0 Å². The number of unbranched alkanes of at least 4 members (excludes halogenated alkanes) is 11. The summed E-state index contributed by atoms with van der Waals surface area (Å²) < 4.78 is 5.00. The van der Waals surface area contributed by atoms with Crippen LogP contribution in [0.4, 0.5) is 0 Å². The van der Waals surface area contributed by atoms with Crippen molar-refractivity contribution in [3.63, 3.8) is 0 Å². The molecule has 0 aliphatic rings. The normalized spacial score (nSPS) is 11.8. The van der Waals surface area contributed by atoms with E-state index in [1.807, 2.05) is 6.92 Å². The molecule has 1 atom stereocenters. The molecular weight excluding hydrogens is 322 g/mol. The van der Waals surface area contributed by atoms with E-state index in [2.05, 4.69) is 13.8 Å². The first kappa shape index (κ1) is 27.6. The molecule has 0 radical (unpaired) electrons. The Kier molecular flexibility index (Phi) is 23.9.